The molecule has 0 aliphatic heterocycles. The standard InChI is InChI=1S/C18H17N3O2S/c22-24(23,12-11-16-7-3-1-4-8-16)20-14-17-13-19-21(15-17)18-9-5-2-6-10-18/h1-13,15,20H,14H2/b12-11+. The number of nitrogens with one attached hydrogen (secondary N) is 1. The van der Waals surface area contributed by atoms with E-state index in [9.17, 15) is 8.42 Å². The Kier molecular flexibility index (Phi) is 4.88. The van der Waals surface area contributed by atoms with Crippen molar-refractivity contribution in [1.29, 1.82) is 0 Å². The topological polar surface area (TPSA) is 64.0 Å². The second kappa shape index (κ2) is 7.25. The van der Waals surface area contributed by atoms with Gasteiger partial charge in [-0.05, 0) is 23.8 Å². The van der Waals surface area contributed by atoms with Gasteiger partial charge in [0.25, 0.3) is 0 Å². The van der Waals surface area contributed by atoms with E-state index < -0.39 is 10.0 Å². The van der Waals surface area contributed by atoms with Crippen molar-refractivity contribution in [2.45, 2.75) is 6.54 Å². The van der Waals surface area contributed by atoms with Crippen molar-refractivity contribution < 1.29 is 8.42 Å². The Hall–Kier alpha value is -2.70. The van der Waals surface area contributed by atoms with Crippen LogP contribution in [-0.2, 0) is 16.6 Å². The van der Waals surface area contributed by atoms with E-state index in [1.807, 2.05) is 60.7 Å². The molecule has 24 heavy (non-hydrogen) atoms. The van der Waals surface area contributed by atoms with Gasteiger partial charge in [0.15, 0.2) is 0 Å². The average Bonchev–Trinajstić information content (AvgIpc) is 3.09. The average molecular weight is 339 g/mol. The van der Waals surface area contributed by atoms with Crippen molar-refractivity contribution in [3.63, 3.8) is 0 Å². The van der Waals surface area contributed by atoms with Crippen LogP contribution < -0.4 is 4.72 Å². The molecule has 0 fully saturated rings. The van der Waals surface area contributed by atoms with E-state index in [0.29, 0.717) is 0 Å². The first-order chi connectivity index (χ1) is 11.6. The normalized spacial score (nSPS) is 11.8. The number of para-hydroxylation sites is 1. The Morgan fingerprint density at radius 2 is 1.67 bits per heavy atom. The van der Waals surface area contributed by atoms with E-state index in [1.165, 1.54) is 5.41 Å². The largest absolute Gasteiger partial charge is 0.241 e. The molecule has 1 aromatic heterocycles. The number of hydrogen-bond acceptors (Lipinski definition) is 3. The molecule has 1 heterocycles. The highest BCUT2D eigenvalue weighted by Gasteiger charge is 2.07. The number of hydrogen-bond donors (Lipinski definition) is 1. The van der Waals surface area contributed by atoms with Crippen LogP contribution in [0.4, 0.5) is 0 Å². The molecule has 0 bridgehead atoms. The van der Waals surface area contributed by atoms with Crippen LogP contribution in [0.3, 0.4) is 0 Å². The molecule has 0 unspecified atom stereocenters. The molecule has 1 N–H and O–H groups in total. The highest BCUT2D eigenvalue weighted by atomic mass is 32.2. The molecule has 0 atom stereocenters. The minimum Gasteiger partial charge on any atom is -0.241 e. The summed E-state index contributed by atoms with van der Waals surface area (Å²) in [7, 11) is -3.50. The maximum absolute atomic E-state index is 12.0. The van der Waals surface area contributed by atoms with Crippen LogP contribution >= 0.6 is 0 Å². The van der Waals surface area contributed by atoms with Crippen LogP contribution in [0.2, 0.25) is 0 Å². The number of sulfonamides is 1. The van der Waals surface area contributed by atoms with Crippen LogP contribution in [0.15, 0.2) is 78.5 Å². The summed E-state index contributed by atoms with van der Waals surface area (Å²) in [4.78, 5) is 0. The van der Waals surface area contributed by atoms with Crippen LogP contribution in [0.1, 0.15) is 11.1 Å². The molecule has 0 aliphatic rings. The first-order valence-corrected chi connectivity index (χ1v) is 8.99. The van der Waals surface area contributed by atoms with Gasteiger partial charge >= 0.3 is 0 Å². The van der Waals surface area contributed by atoms with Gasteiger partial charge in [-0.1, -0.05) is 48.5 Å². The highest BCUT2D eigenvalue weighted by Crippen LogP contribution is 2.08. The van der Waals surface area contributed by atoms with Gasteiger partial charge in [-0.15, -0.1) is 0 Å². The first kappa shape index (κ1) is 16.2. The zero-order chi connectivity index (χ0) is 16.8. The van der Waals surface area contributed by atoms with Gasteiger partial charge in [0, 0.05) is 23.7 Å². The minimum atomic E-state index is -3.50. The summed E-state index contributed by atoms with van der Waals surface area (Å²) < 4.78 is 28.3. The van der Waals surface area contributed by atoms with Crippen LogP contribution in [-0.4, -0.2) is 18.2 Å². The summed E-state index contributed by atoms with van der Waals surface area (Å²) in [6.07, 6.45) is 5.02. The zero-order valence-electron chi connectivity index (χ0n) is 12.9. The molecule has 2 aromatic carbocycles. The Balaban J connectivity index is 1.63. The lowest BCUT2D eigenvalue weighted by molar-refractivity contribution is 0.591. The first-order valence-electron chi connectivity index (χ1n) is 7.44. The Morgan fingerprint density at radius 1 is 1.00 bits per heavy atom. The van der Waals surface area contributed by atoms with Gasteiger partial charge in [0.2, 0.25) is 10.0 Å². The molecule has 3 rings (SSSR count). The lowest BCUT2D eigenvalue weighted by Gasteiger charge is -2.01. The molecule has 0 saturated carbocycles. The summed E-state index contributed by atoms with van der Waals surface area (Å²) in [6, 6.07) is 18.9. The van der Waals surface area contributed by atoms with Crippen molar-refractivity contribution in [1.82, 2.24) is 14.5 Å². The van der Waals surface area contributed by atoms with Gasteiger partial charge in [-0.3, -0.25) is 0 Å². The fourth-order valence-electron chi connectivity index (χ4n) is 2.14. The van der Waals surface area contributed by atoms with Gasteiger partial charge in [0.1, 0.15) is 0 Å². The van der Waals surface area contributed by atoms with Crippen LogP contribution in [0.25, 0.3) is 11.8 Å². The number of nitrogens with zero attached hydrogens (tertiary/aromatic N) is 2. The molecule has 0 saturated heterocycles. The molecule has 0 spiro atoms. The third-order valence-corrected chi connectivity index (χ3v) is 4.41. The van der Waals surface area contributed by atoms with Gasteiger partial charge in [-0.25, -0.2) is 17.8 Å². The fraction of sp³-hybridized carbons (Fsp3) is 0.0556. The molecule has 0 radical (unpaired) electrons. The predicted octanol–water partition coefficient (Wildman–Crippen LogP) is 2.96. The van der Waals surface area contributed by atoms with Crippen molar-refractivity contribution in [2.75, 3.05) is 0 Å². The molecule has 0 aliphatic carbocycles. The zero-order valence-corrected chi connectivity index (χ0v) is 13.7. The minimum absolute atomic E-state index is 0.189. The molecular formula is C18H17N3O2S. The van der Waals surface area contributed by atoms with Crippen molar-refractivity contribution in [3.8, 4) is 5.69 Å². The smallest absolute Gasteiger partial charge is 0.234 e. The maximum Gasteiger partial charge on any atom is 0.234 e. The van der Waals surface area contributed by atoms with Crippen LogP contribution in [0, 0.1) is 0 Å². The molecule has 3 aromatic rings. The number of rotatable bonds is 6. The van der Waals surface area contributed by atoms with E-state index >= 15 is 0 Å². The quantitative estimate of drug-likeness (QED) is 0.751. The molecule has 5 nitrogen and oxygen atoms in total. The monoisotopic (exact) mass is 339 g/mol. The third-order valence-electron chi connectivity index (χ3n) is 3.37. The predicted molar refractivity (Wildman–Crippen MR) is 94.8 cm³/mol. The summed E-state index contributed by atoms with van der Waals surface area (Å²) in [5.74, 6) is 0. The van der Waals surface area contributed by atoms with E-state index in [-0.39, 0.29) is 6.54 Å². The second-order valence-corrected chi connectivity index (χ2v) is 6.86. The molecular weight excluding hydrogens is 322 g/mol. The SMILES string of the molecule is O=S(=O)(/C=C/c1ccccc1)NCc1cnn(-c2ccccc2)c1. The second-order valence-electron chi connectivity index (χ2n) is 5.21. The van der Waals surface area contributed by atoms with Gasteiger partial charge in [-0.2, -0.15) is 5.10 Å². The third kappa shape index (κ3) is 4.41. The fourth-order valence-corrected chi connectivity index (χ4v) is 2.94. The lowest BCUT2D eigenvalue weighted by Crippen LogP contribution is -2.20. The lowest BCUT2D eigenvalue weighted by atomic mass is 10.2. The molecule has 0 amide bonds. The van der Waals surface area contributed by atoms with E-state index in [4.69, 9.17) is 0 Å². The van der Waals surface area contributed by atoms with E-state index in [1.54, 1.807) is 23.2 Å². The van der Waals surface area contributed by atoms with Crippen molar-refractivity contribution in [2.24, 2.45) is 0 Å². The van der Waals surface area contributed by atoms with Crippen LogP contribution in [0.5, 0.6) is 0 Å². The Bertz CT molecular complexity index is 917. The summed E-state index contributed by atoms with van der Waals surface area (Å²) in [5, 5.41) is 5.42. The van der Waals surface area contributed by atoms with Crippen molar-refractivity contribution >= 4 is 16.1 Å². The van der Waals surface area contributed by atoms with E-state index in [0.717, 1.165) is 16.8 Å². The Labute approximate surface area is 141 Å². The molecule has 122 valence electrons. The summed E-state index contributed by atoms with van der Waals surface area (Å²) in [5.41, 5.74) is 2.55. The Morgan fingerprint density at radius 3 is 2.38 bits per heavy atom. The van der Waals surface area contributed by atoms with E-state index in [2.05, 4.69) is 9.82 Å². The summed E-state index contributed by atoms with van der Waals surface area (Å²) in [6.45, 7) is 0.189. The summed E-state index contributed by atoms with van der Waals surface area (Å²) >= 11 is 0. The highest BCUT2D eigenvalue weighted by molar-refractivity contribution is 7.92. The van der Waals surface area contributed by atoms with Crippen molar-refractivity contribution in [3.05, 3.63) is 89.6 Å². The van der Waals surface area contributed by atoms with Gasteiger partial charge in [0.05, 0.1) is 11.9 Å². The maximum atomic E-state index is 12.0. The van der Waals surface area contributed by atoms with Gasteiger partial charge < -0.3 is 0 Å². The molecule has 6 heteroatoms. The number of aromatic nitrogens is 2. The number of benzene rings is 2.